The number of amides is 1. The maximum absolute atomic E-state index is 13.4. The molecular weight excluding hydrogens is 447 g/mol. The monoisotopic (exact) mass is 468 g/mol. The Morgan fingerprint density at radius 2 is 1.86 bits per heavy atom. The molecule has 7 heteroatoms. The largest absolute Gasteiger partial charge is 0.493 e. The fourth-order valence-corrected chi connectivity index (χ4v) is 3.80. The van der Waals surface area contributed by atoms with Crippen molar-refractivity contribution in [2.75, 3.05) is 7.11 Å². The van der Waals surface area contributed by atoms with Crippen LogP contribution >= 0.6 is 0 Å². The lowest BCUT2D eigenvalue weighted by atomic mass is 10.1. The molecule has 0 fully saturated rings. The summed E-state index contributed by atoms with van der Waals surface area (Å²) in [5.41, 5.74) is 4.52. The van der Waals surface area contributed by atoms with Crippen molar-refractivity contribution in [3.05, 3.63) is 108 Å². The number of nitrogens with one attached hydrogen (secondary N) is 1. The van der Waals surface area contributed by atoms with E-state index in [1.807, 2.05) is 36.4 Å². The summed E-state index contributed by atoms with van der Waals surface area (Å²) in [6.07, 6.45) is 1.49. The first-order valence-electron chi connectivity index (χ1n) is 10.9. The predicted octanol–water partition coefficient (Wildman–Crippen LogP) is 6.08. The predicted molar refractivity (Wildman–Crippen MR) is 133 cm³/mol. The molecule has 1 heterocycles. The molecule has 5 aromatic rings. The van der Waals surface area contributed by atoms with E-state index in [0.29, 0.717) is 28.2 Å². The Bertz CT molecular complexity index is 1560. The molecule has 0 aliphatic carbocycles. The Morgan fingerprint density at radius 3 is 2.71 bits per heavy atom. The first kappa shape index (κ1) is 22.2. The average molecular weight is 468 g/mol. The van der Waals surface area contributed by atoms with Gasteiger partial charge in [-0.15, -0.1) is 0 Å². The molecular formula is C28H21FN2O4. The van der Waals surface area contributed by atoms with E-state index >= 15 is 0 Å². The molecule has 0 saturated carbocycles. The molecule has 0 saturated heterocycles. The van der Waals surface area contributed by atoms with Crippen LogP contribution in [0.5, 0.6) is 11.5 Å². The maximum Gasteiger partial charge on any atom is 0.307 e. The van der Waals surface area contributed by atoms with Crippen LogP contribution in [0.15, 0.2) is 94.4 Å². The zero-order valence-electron chi connectivity index (χ0n) is 18.8. The molecule has 0 unspecified atom stereocenters. The summed E-state index contributed by atoms with van der Waals surface area (Å²) in [6.45, 7) is 0.199. The lowest BCUT2D eigenvalue weighted by Crippen LogP contribution is -2.16. The number of furan rings is 1. The summed E-state index contributed by atoms with van der Waals surface area (Å²) in [7, 11) is 1.53. The van der Waals surface area contributed by atoms with E-state index in [4.69, 9.17) is 13.9 Å². The number of methoxy groups -OCH3 is 1. The smallest absolute Gasteiger partial charge is 0.307 e. The first-order chi connectivity index (χ1) is 17.1. The van der Waals surface area contributed by atoms with Crippen molar-refractivity contribution in [1.82, 2.24) is 5.43 Å². The van der Waals surface area contributed by atoms with Gasteiger partial charge in [-0.3, -0.25) is 4.79 Å². The summed E-state index contributed by atoms with van der Waals surface area (Å²) in [4.78, 5) is 12.6. The highest BCUT2D eigenvalue weighted by Crippen LogP contribution is 2.29. The van der Waals surface area contributed by atoms with Gasteiger partial charge in [0.2, 0.25) is 0 Å². The van der Waals surface area contributed by atoms with Crippen LogP contribution in [0, 0.1) is 5.82 Å². The summed E-state index contributed by atoms with van der Waals surface area (Å²) < 4.78 is 30.2. The summed E-state index contributed by atoms with van der Waals surface area (Å²) in [6, 6.07) is 24.9. The third-order valence-electron chi connectivity index (χ3n) is 5.50. The second-order valence-corrected chi connectivity index (χ2v) is 7.84. The van der Waals surface area contributed by atoms with Gasteiger partial charge in [0.1, 0.15) is 18.0 Å². The van der Waals surface area contributed by atoms with Gasteiger partial charge in [0.15, 0.2) is 17.3 Å². The number of hydrogen-bond acceptors (Lipinski definition) is 5. The normalized spacial score (nSPS) is 11.3. The van der Waals surface area contributed by atoms with Crippen molar-refractivity contribution in [2.45, 2.75) is 6.61 Å². The SMILES string of the molecule is COc1cc(C=NNC(=O)c2cc3c(ccc4ccccc43)o2)ccc1OCc1cccc(F)c1. The van der Waals surface area contributed by atoms with Crippen LogP contribution in [-0.4, -0.2) is 19.2 Å². The number of hydrazone groups is 1. The number of carbonyl (C=O) groups excluding carboxylic acids is 1. The quantitative estimate of drug-likeness (QED) is 0.232. The molecule has 35 heavy (non-hydrogen) atoms. The van der Waals surface area contributed by atoms with E-state index in [-0.39, 0.29) is 18.2 Å². The zero-order chi connectivity index (χ0) is 24.2. The standard InChI is InChI=1S/C28H21FN2O4/c1-33-26-14-18(9-11-25(26)34-17-19-5-4-7-21(29)13-19)16-30-31-28(32)27-15-23-22-8-3-2-6-20(22)10-12-24(23)35-27/h2-16H,17H2,1H3,(H,31,32). The number of nitrogens with zero attached hydrogens (tertiary/aromatic N) is 1. The van der Waals surface area contributed by atoms with E-state index in [2.05, 4.69) is 10.5 Å². The number of benzene rings is 4. The van der Waals surface area contributed by atoms with Crippen LogP contribution in [0.1, 0.15) is 21.7 Å². The number of halogens is 1. The van der Waals surface area contributed by atoms with Crippen LogP contribution in [0.3, 0.4) is 0 Å². The number of fused-ring (bicyclic) bond motifs is 3. The molecule has 4 aromatic carbocycles. The average Bonchev–Trinajstić information content (AvgIpc) is 3.33. The van der Waals surface area contributed by atoms with E-state index in [1.54, 1.807) is 36.4 Å². The summed E-state index contributed by atoms with van der Waals surface area (Å²) >= 11 is 0. The van der Waals surface area contributed by atoms with Crippen molar-refractivity contribution in [2.24, 2.45) is 5.10 Å². The van der Waals surface area contributed by atoms with Crippen molar-refractivity contribution < 1.29 is 23.1 Å². The van der Waals surface area contributed by atoms with Gasteiger partial charge in [0.25, 0.3) is 0 Å². The second kappa shape index (κ2) is 9.69. The van der Waals surface area contributed by atoms with Crippen LogP contribution in [-0.2, 0) is 6.61 Å². The minimum atomic E-state index is -0.455. The lowest BCUT2D eigenvalue weighted by molar-refractivity contribution is 0.0929. The van der Waals surface area contributed by atoms with Crippen LogP contribution in [0.25, 0.3) is 21.7 Å². The topological polar surface area (TPSA) is 73.1 Å². The Morgan fingerprint density at radius 1 is 0.971 bits per heavy atom. The van der Waals surface area contributed by atoms with Gasteiger partial charge in [-0.25, -0.2) is 9.82 Å². The molecule has 1 aromatic heterocycles. The Kier molecular flexibility index (Phi) is 6.13. The number of carbonyl (C=O) groups is 1. The first-order valence-corrected chi connectivity index (χ1v) is 10.9. The molecule has 1 amide bonds. The van der Waals surface area contributed by atoms with Crippen molar-refractivity contribution in [3.8, 4) is 11.5 Å². The van der Waals surface area contributed by atoms with E-state index in [9.17, 15) is 9.18 Å². The van der Waals surface area contributed by atoms with Gasteiger partial charge in [-0.2, -0.15) is 5.10 Å². The van der Waals surface area contributed by atoms with Crippen LogP contribution < -0.4 is 14.9 Å². The fraction of sp³-hybridized carbons (Fsp3) is 0.0714. The number of hydrogen-bond donors (Lipinski definition) is 1. The summed E-state index contributed by atoms with van der Waals surface area (Å²) in [5, 5.41) is 7.00. The molecule has 0 bridgehead atoms. The fourth-order valence-electron chi connectivity index (χ4n) is 3.80. The molecule has 0 radical (unpaired) electrons. The van der Waals surface area contributed by atoms with Gasteiger partial charge >= 0.3 is 5.91 Å². The molecule has 5 rings (SSSR count). The van der Waals surface area contributed by atoms with Gasteiger partial charge in [-0.05, 0) is 64.4 Å². The molecule has 1 N–H and O–H groups in total. The van der Waals surface area contributed by atoms with Gasteiger partial charge in [0.05, 0.1) is 13.3 Å². The van der Waals surface area contributed by atoms with E-state index < -0.39 is 5.91 Å². The third kappa shape index (κ3) is 4.84. The van der Waals surface area contributed by atoms with Crippen molar-refractivity contribution >= 4 is 33.9 Å². The zero-order valence-corrected chi connectivity index (χ0v) is 18.8. The van der Waals surface area contributed by atoms with E-state index in [0.717, 1.165) is 16.2 Å². The Balaban J connectivity index is 1.26. The molecule has 0 aliphatic rings. The van der Waals surface area contributed by atoms with Gasteiger partial charge in [0, 0.05) is 5.39 Å². The molecule has 0 aliphatic heterocycles. The van der Waals surface area contributed by atoms with Gasteiger partial charge < -0.3 is 13.9 Å². The Labute approximate surface area is 200 Å². The van der Waals surface area contributed by atoms with Gasteiger partial charge in [-0.1, -0.05) is 42.5 Å². The molecule has 174 valence electrons. The number of ether oxygens (including phenoxy) is 2. The second-order valence-electron chi connectivity index (χ2n) is 7.84. The number of rotatable bonds is 7. The molecule has 0 spiro atoms. The highest BCUT2D eigenvalue weighted by Gasteiger charge is 2.13. The minimum Gasteiger partial charge on any atom is -0.493 e. The van der Waals surface area contributed by atoms with E-state index in [1.165, 1.54) is 25.5 Å². The highest BCUT2D eigenvalue weighted by molar-refractivity contribution is 6.08. The van der Waals surface area contributed by atoms with Crippen molar-refractivity contribution in [1.29, 1.82) is 0 Å². The van der Waals surface area contributed by atoms with Crippen LogP contribution in [0.4, 0.5) is 4.39 Å². The molecule has 6 nitrogen and oxygen atoms in total. The third-order valence-corrected chi connectivity index (χ3v) is 5.50. The van der Waals surface area contributed by atoms with Crippen molar-refractivity contribution in [3.63, 3.8) is 0 Å². The Hall–Kier alpha value is -4.65. The summed E-state index contributed by atoms with van der Waals surface area (Å²) in [5.74, 6) is 0.395. The molecule has 0 atom stereocenters. The van der Waals surface area contributed by atoms with Crippen LogP contribution in [0.2, 0.25) is 0 Å². The minimum absolute atomic E-state index is 0.173. The highest BCUT2D eigenvalue weighted by atomic mass is 19.1. The maximum atomic E-state index is 13.4. The lowest BCUT2D eigenvalue weighted by Gasteiger charge is -2.11.